The molecule has 0 aliphatic heterocycles. The van der Waals surface area contributed by atoms with E-state index in [0.717, 1.165) is 10.0 Å². The zero-order valence-electron chi connectivity index (χ0n) is 13.7. The number of unbranched alkanes of at least 4 members (excludes halogenated alkanes) is 2. The highest BCUT2D eigenvalue weighted by atomic mass is 79.9. The van der Waals surface area contributed by atoms with Crippen LogP contribution in [-0.4, -0.2) is 37.4 Å². The monoisotopic (exact) mass is 400 g/mol. The fourth-order valence-electron chi connectivity index (χ4n) is 1.94. The molecule has 1 amide bonds. The van der Waals surface area contributed by atoms with E-state index in [4.69, 9.17) is 14.6 Å². The van der Waals surface area contributed by atoms with Gasteiger partial charge in [0.05, 0.1) is 20.4 Å². The van der Waals surface area contributed by atoms with Crippen LogP contribution in [-0.2, 0) is 9.59 Å². The van der Waals surface area contributed by atoms with Gasteiger partial charge in [-0.2, -0.15) is 5.10 Å². The highest BCUT2D eigenvalue weighted by molar-refractivity contribution is 9.10. The zero-order chi connectivity index (χ0) is 17.9. The topological polar surface area (TPSA) is 97.2 Å². The maximum absolute atomic E-state index is 11.6. The van der Waals surface area contributed by atoms with Gasteiger partial charge < -0.3 is 14.6 Å². The summed E-state index contributed by atoms with van der Waals surface area (Å²) in [5, 5.41) is 12.4. The molecule has 0 aliphatic rings. The minimum absolute atomic E-state index is 0.132. The fraction of sp³-hybridized carbons (Fsp3) is 0.438. The number of carbonyl (C=O) groups excluding carboxylic acids is 1. The molecule has 1 aromatic carbocycles. The third kappa shape index (κ3) is 6.99. The number of benzene rings is 1. The third-order valence-electron chi connectivity index (χ3n) is 3.19. The Morgan fingerprint density at radius 3 is 2.42 bits per heavy atom. The van der Waals surface area contributed by atoms with Crippen molar-refractivity contribution in [2.75, 3.05) is 14.2 Å². The molecule has 1 aromatic rings. The van der Waals surface area contributed by atoms with Gasteiger partial charge in [0, 0.05) is 22.9 Å². The van der Waals surface area contributed by atoms with E-state index in [-0.39, 0.29) is 12.3 Å². The van der Waals surface area contributed by atoms with Crippen LogP contribution < -0.4 is 14.9 Å². The molecule has 0 fully saturated rings. The molecule has 132 valence electrons. The molecule has 8 heteroatoms. The SMILES string of the molecule is COc1cc(Br)c(/C=N/NC(=O)CCCCCC(=O)O)cc1OC. The summed E-state index contributed by atoms with van der Waals surface area (Å²) in [6, 6.07) is 3.49. The van der Waals surface area contributed by atoms with Crippen LogP contribution in [0.4, 0.5) is 0 Å². The van der Waals surface area contributed by atoms with Crippen molar-refractivity contribution in [3.63, 3.8) is 0 Å². The van der Waals surface area contributed by atoms with Crippen LogP contribution in [0.5, 0.6) is 11.5 Å². The molecule has 2 N–H and O–H groups in total. The van der Waals surface area contributed by atoms with Gasteiger partial charge in [0.2, 0.25) is 5.91 Å². The predicted octanol–water partition coefficient (Wildman–Crippen LogP) is 2.95. The lowest BCUT2D eigenvalue weighted by Crippen LogP contribution is -2.17. The Kier molecular flexibility index (Phi) is 8.85. The quantitative estimate of drug-likeness (QED) is 0.357. The molecule has 0 bridgehead atoms. The molecule has 7 nitrogen and oxygen atoms in total. The summed E-state index contributed by atoms with van der Waals surface area (Å²) < 4.78 is 11.2. The van der Waals surface area contributed by atoms with E-state index in [0.29, 0.717) is 37.2 Å². The van der Waals surface area contributed by atoms with Gasteiger partial charge in [0.15, 0.2) is 11.5 Å². The molecule has 24 heavy (non-hydrogen) atoms. The second kappa shape index (κ2) is 10.6. The van der Waals surface area contributed by atoms with Crippen molar-refractivity contribution < 1.29 is 24.2 Å². The van der Waals surface area contributed by atoms with Crippen LogP contribution in [0.2, 0.25) is 0 Å². The van der Waals surface area contributed by atoms with E-state index in [1.54, 1.807) is 26.4 Å². The average molecular weight is 401 g/mol. The van der Waals surface area contributed by atoms with Crippen molar-refractivity contribution in [3.8, 4) is 11.5 Å². The molecule has 0 unspecified atom stereocenters. The van der Waals surface area contributed by atoms with E-state index in [9.17, 15) is 9.59 Å². The highest BCUT2D eigenvalue weighted by Crippen LogP contribution is 2.32. The van der Waals surface area contributed by atoms with E-state index in [1.165, 1.54) is 6.21 Å². The van der Waals surface area contributed by atoms with Crippen LogP contribution in [0.1, 0.15) is 37.7 Å². The number of amides is 1. The van der Waals surface area contributed by atoms with Crippen LogP contribution in [0.25, 0.3) is 0 Å². The summed E-state index contributed by atoms with van der Waals surface area (Å²) in [6.45, 7) is 0. The Balaban J connectivity index is 2.46. The van der Waals surface area contributed by atoms with Gasteiger partial charge in [0.1, 0.15) is 0 Å². The molecule has 0 saturated carbocycles. The number of hydrazone groups is 1. The van der Waals surface area contributed by atoms with Crippen molar-refractivity contribution in [2.24, 2.45) is 5.10 Å². The number of carboxylic acids is 1. The number of carboxylic acid groups (broad SMARTS) is 1. The summed E-state index contributed by atoms with van der Waals surface area (Å²) in [7, 11) is 3.09. The van der Waals surface area contributed by atoms with Crippen molar-refractivity contribution in [2.45, 2.75) is 32.1 Å². The van der Waals surface area contributed by atoms with Crippen molar-refractivity contribution >= 4 is 34.0 Å². The molecule has 0 saturated heterocycles. The number of halogens is 1. The van der Waals surface area contributed by atoms with Gasteiger partial charge in [-0.05, 0) is 40.9 Å². The number of aliphatic carboxylic acids is 1. The standard InChI is InChI=1S/C16H21BrN2O5/c1-23-13-8-11(12(17)9-14(13)24-2)10-18-19-15(20)6-4-3-5-7-16(21)22/h8-10H,3-7H2,1-2H3,(H,19,20)(H,21,22)/b18-10+. The lowest BCUT2D eigenvalue weighted by Gasteiger charge is -2.09. The number of carbonyl (C=O) groups is 2. The van der Waals surface area contributed by atoms with E-state index in [1.807, 2.05) is 0 Å². The first-order chi connectivity index (χ1) is 11.5. The Bertz CT molecular complexity index is 604. The van der Waals surface area contributed by atoms with Crippen LogP contribution in [0.15, 0.2) is 21.7 Å². The van der Waals surface area contributed by atoms with Gasteiger partial charge >= 0.3 is 5.97 Å². The van der Waals surface area contributed by atoms with E-state index in [2.05, 4.69) is 26.5 Å². The summed E-state index contributed by atoms with van der Waals surface area (Å²) in [5.41, 5.74) is 3.18. The van der Waals surface area contributed by atoms with E-state index >= 15 is 0 Å². The zero-order valence-corrected chi connectivity index (χ0v) is 15.3. The maximum atomic E-state index is 11.6. The Morgan fingerprint density at radius 2 is 1.79 bits per heavy atom. The summed E-state index contributed by atoms with van der Waals surface area (Å²) in [5.74, 6) is 0.126. The first-order valence-corrected chi connectivity index (χ1v) is 8.22. The Hall–Kier alpha value is -2.09. The molecule has 0 radical (unpaired) electrons. The smallest absolute Gasteiger partial charge is 0.303 e. The second-order valence-corrected chi connectivity index (χ2v) is 5.83. The normalized spacial score (nSPS) is 10.6. The van der Waals surface area contributed by atoms with E-state index < -0.39 is 5.97 Å². The number of hydrogen-bond donors (Lipinski definition) is 2. The number of hydrogen-bond acceptors (Lipinski definition) is 5. The predicted molar refractivity (Wildman–Crippen MR) is 93.7 cm³/mol. The van der Waals surface area contributed by atoms with Gasteiger partial charge in [-0.3, -0.25) is 9.59 Å². The number of rotatable bonds is 10. The lowest BCUT2D eigenvalue weighted by atomic mass is 10.1. The molecular formula is C16H21BrN2O5. The molecule has 0 heterocycles. The Morgan fingerprint density at radius 1 is 1.17 bits per heavy atom. The number of ether oxygens (including phenoxy) is 2. The van der Waals surface area contributed by atoms with Crippen molar-refractivity contribution in [3.05, 3.63) is 22.2 Å². The minimum Gasteiger partial charge on any atom is -0.493 e. The van der Waals surface area contributed by atoms with Crippen molar-refractivity contribution in [1.29, 1.82) is 0 Å². The summed E-state index contributed by atoms with van der Waals surface area (Å²) in [6.07, 6.45) is 3.86. The van der Waals surface area contributed by atoms with Crippen LogP contribution in [0, 0.1) is 0 Å². The van der Waals surface area contributed by atoms with Crippen LogP contribution >= 0.6 is 15.9 Å². The Labute approximate surface area is 149 Å². The van der Waals surface area contributed by atoms with Gasteiger partial charge in [-0.15, -0.1) is 0 Å². The summed E-state index contributed by atoms with van der Waals surface area (Å²) in [4.78, 5) is 22.0. The fourth-order valence-corrected chi connectivity index (χ4v) is 2.36. The molecule has 1 rings (SSSR count). The number of methoxy groups -OCH3 is 2. The third-order valence-corrected chi connectivity index (χ3v) is 3.88. The maximum Gasteiger partial charge on any atom is 0.303 e. The average Bonchev–Trinajstić information content (AvgIpc) is 2.55. The molecular weight excluding hydrogens is 380 g/mol. The summed E-state index contributed by atoms with van der Waals surface area (Å²) >= 11 is 3.40. The number of nitrogens with one attached hydrogen (secondary N) is 1. The minimum atomic E-state index is -0.815. The molecule has 0 atom stereocenters. The first kappa shape index (κ1) is 20.0. The molecule has 0 aromatic heterocycles. The second-order valence-electron chi connectivity index (χ2n) is 4.98. The van der Waals surface area contributed by atoms with Gasteiger partial charge in [-0.25, -0.2) is 5.43 Å². The largest absolute Gasteiger partial charge is 0.493 e. The molecule has 0 aliphatic carbocycles. The highest BCUT2D eigenvalue weighted by Gasteiger charge is 2.08. The molecule has 0 spiro atoms. The van der Waals surface area contributed by atoms with Gasteiger partial charge in [-0.1, -0.05) is 6.42 Å². The van der Waals surface area contributed by atoms with Gasteiger partial charge in [0.25, 0.3) is 0 Å². The first-order valence-electron chi connectivity index (χ1n) is 7.43. The number of nitrogens with zero attached hydrogens (tertiary/aromatic N) is 1. The lowest BCUT2D eigenvalue weighted by molar-refractivity contribution is -0.137. The van der Waals surface area contributed by atoms with Crippen molar-refractivity contribution in [1.82, 2.24) is 5.43 Å². The van der Waals surface area contributed by atoms with Crippen LogP contribution in [0.3, 0.4) is 0 Å².